The SMILES string of the molecule is NC(N)=NC(N)=NCc1cccc2cc3ccccc3cc12. The van der Waals surface area contributed by atoms with Crippen LogP contribution in [0, 0.1) is 0 Å². The third-order valence-electron chi connectivity index (χ3n) is 3.49. The second-order valence-electron chi connectivity index (χ2n) is 5.05. The van der Waals surface area contributed by atoms with E-state index >= 15 is 0 Å². The second kappa shape index (κ2) is 5.73. The molecule has 3 aromatic rings. The molecule has 0 amide bonds. The summed E-state index contributed by atoms with van der Waals surface area (Å²) in [5.41, 5.74) is 17.3. The normalized spacial score (nSPS) is 11.7. The molecule has 0 fully saturated rings. The summed E-state index contributed by atoms with van der Waals surface area (Å²) in [5.74, 6) is -0.0112. The molecule has 0 aliphatic heterocycles. The van der Waals surface area contributed by atoms with Crippen LogP contribution >= 0.6 is 0 Å². The molecule has 0 unspecified atom stereocenters. The highest BCUT2D eigenvalue weighted by molar-refractivity contribution is 5.99. The number of fused-ring (bicyclic) bond motifs is 2. The first-order valence-electron chi connectivity index (χ1n) is 6.93. The fourth-order valence-corrected chi connectivity index (χ4v) is 2.50. The Morgan fingerprint density at radius 2 is 1.50 bits per heavy atom. The minimum atomic E-state index is -0.0924. The number of hydrogen-bond donors (Lipinski definition) is 3. The van der Waals surface area contributed by atoms with Crippen LogP contribution in [0.5, 0.6) is 0 Å². The van der Waals surface area contributed by atoms with E-state index in [4.69, 9.17) is 17.2 Å². The molecule has 6 N–H and O–H groups in total. The summed E-state index contributed by atoms with van der Waals surface area (Å²) in [4.78, 5) is 7.93. The van der Waals surface area contributed by atoms with Gasteiger partial charge in [0.15, 0.2) is 5.96 Å². The van der Waals surface area contributed by atoms with Gasteiger partial charge in [-0.2, -0.15) is 4.99 Å². The van der Waals surface area contributed by atoms with Gasteiger partial charge in [0.25, 0.3) is 0 Å². The van der Waals surface area contributed by atoms with Crippen molar-refractivity contribution in [3.05, 3.63) is 60.2 Å². The zero-order valence-corrected chi connectivity index (χ0v) is 12.0. The first-order valence-corrected chi connectivity index (χ1v) is 6.93. The van der Waals surface area contributed by atoms with Crippen molar-refractivity contribution in [2.45, 2.75) is 6.54 Å². The lowest BCUT2D eigenvalue weighted by atomic mass is 10.00. The van der Waals surface area contributed by atoms with Crippen LogP contribution in [-0.4, -0.2) is 11.9 Å². The average Bonchev–Trinajstić information content (AvgIpc) is 2.50. The predicted octanol–water partition coefficient (Wildman–Crippen LogP) is 2.08. The Morgan fingerprint density at radius 1 is 0.818 bits per heavy atom. The smallest absolute Gasteiger partial charge is 0.218 e. The number of hydrogen-bond acceptors (Lipinski definition) is 1. The highest BCUT2D eigenvalue weighted by atomic mass is 15.1. The van der Waals surface area contributed by atoms with Gasteiger partial charge in [-0.05, 0) is 39.2 Å². The van der Waals surface area contributed by atoms with E-state index in [2.05, 4.69) is 40.3 Å². The van der Waals surface area contributed by atoms with Crippen LogP contribution in [0.1, 0.15) is 5.56 Å². The van der Waals surface area contributed by atoms with Crippen LogP contribution in [0.3, 0.4) is 0 Å². The lowest BCUT2D eigenvalue weighted by molar-refractivity contribution is 1.07. The molecule has 0 aliphatic carbocycles. The van der Waals surface area contributed by atoms with E-state index in [-0.39, 0.29) is 11.9 Å². The molecule has 5 heteroatoms. The van der Waals surface area contributed by atoms with Crippen LogP contribution in [0.15, 0.2) is 64.6 Å². The van der Waals surface area contributed by atoms with Gasteiger partial charge in [0.2, 0.25) is 5.96 Å². The highest BCUT2D eigenvalue weighted by Crippen LogP contribution is 2.25. The van der Waals surface area contributed by atoms with Gasteiger partial charge in [-0.3, -0.25) is 0 Å². The molecule has 0 atom stereocenters. The van der Waals surface area contributed by atoms with E-state index in [0.717, 1.165) is 10.9 Å². The summed E-state index contributed by atoms with van der Waals surface area (Å²) in [7, 11) is 0. The number of aliphatic imine (C=N–C) groups is 2. The molecule has 0 saturated heterocycles. The van der Waals surface area contributed by atoms with Crippen molar-refractivity contribution in [2.75, 3.05) is 0 Å². The fraction of sp³-hybridized carbons (Fsp3) is 0.0588. The molecule has 22 heavy (non-hydrogen) atoms. The Labute approximate surface area is 128 Å². The number of nitrogens with two attached hydrogens (primary N) is 3. The minimum absolute atomic E-state index is 0.0813. The van der Waals surface area contributed by atoms with E-state index < -0.39 is 0 Å². The molecular weight excluding hydrogens is 274 g/mol. The molecule has 3 rings (SSSR count). The topological polar surface area (TPSA) is 103 Å². The van der Waals surface area contributed by atoms with E-state index in [1.807, 2.05) is 24.3 Å². The van der Waals surface area contributed by atoms with Crippen molar-refractivity contribution in [1.82, 2.24) is 0 Å². The van der Waals surface area contributed by atoms with Gasteiger partial charge in [0.1, 0.15) is 0 Å². The largest absolute Gasteiger partial charge is 0.370 e. The monoisotopic (exact) mass is 291 g/mol. The van der Waals surface area contributed by atoms with Crippen molar-refractivity contribution in [1.29, 1.82) is 0 Å². The fourth-order valence-electron chi connectivity index (χ4n) is 2.50. The quantitative estimate of drug-likeness (QED) is 0.382. The van der Waals surface area contributed by atoms with Crippen molar-refractivity contribution < 1.29 is 0 Å². The Bertz CT molecular complexity index is 892. The van der Waals surface area contributed by atoms with Gasteiger partial charge in [-0.25, -0.2) is 4.99 Å². The molecule has 0 spiro atoms. The Balaban J connectivity index is 2.06. The van der Waals surface area contributed by atoms with Gasteiger partial charge in [0, 0.05) is 0 Å². The Hall–Kier alpha value is -3.08. The first kappa shape index (κ1) is 13.9. The average molecular weight is 291 g/mol. The van der Waals surface area contributed by atoms with Crippen LogP contribution < -0.4 is 17.2 Å². The maximum absolute atomic E-state index is 5.66. The summed E-state index contributed by atoms with van der Waals surface area (Å²) in [5, 5.41) is 4.74. The molecule has 0 heterocycles. The van der Waals surface area contributed by atoms with E-state index in [0.29, 0.717) is 6.54 Å². The van der Waals surface area contributed by atoms with Crippen molar-refractivity contribution >= 4 is 33.5 Å². The summed E-state index contributed by atoms with van der Waals surface area (Å²) in [6, 6.07) is 18.8. The van der Waals surface area contributed by atoms with Crippen molar-refractivity contribution in [3.63, 3.8) is 0 Å². The van der Waals surface area contributed by atoms with Gasteiger partial charge < -0.3 is 17.2 Å². The standard InChI is InChI=1S/C17H17N5/c18-16(19)22-17(20)21-10-14-7-3-6-13-8-11-4-1-2-5-12(11)9-15(13)14/h1-9H,10H2,(H6,18,19,20,21,22). The summed E-state index contributed by atoms with van der Waals surface area (Å²) in [6.07, 6.45) is 0. The van der Waals surface area contributed by atoms with E-state index in [9.17, 15) is 0 Å². The van der Waals surface area contributed by atoms with Gasteiger partial charge in [-0.15, -0.1) is 0 Å². The molecule has 0 bridgehead atoms. The molecule has 0 radical (unpaired) electrons. The molecule has 5 nitrogen and oxygen atoms in total. The Kier molecular flexibility index (Phi) is 3.62. The van der Waals surface area contributed by atoms with E-state index in [1.54, 1.807) is 0 Å². The van der Waals surface area contributed by atoms with Crippen molar-refractivity contribution in [2.24, 2.45) is 27.2 Å². The van der Waals surface area contributed by atoms with E-state index in [1.165, 1.54) is 16.2 Å². The van der Waals surface area contributed by atoms with Crippen LogP contribution in [0.2, 0.25) is 0 Å². The molecule has 0 saturated carbocycles. The zero-order valence-electron chi connectivity index (χ0n) is 12.0. The van der Waals surface area contributed by atoms with Gasteiger partial charge >= 0.3 is 0 Å². The maximum Gasteiger partial charge on any atom is 0.218 e. The van der Waals surface area contributed by atoms with Crippen LogP contribution in [-0.2, 0) is 6.54 Å². The molecular formula is C17H17N5. The van der Waals surface area contributed by atoms with Crippen LogP contribution in [0.25, 0.3) is 21.5 Å². The van der Waals surface area contributed by atoms with Gasteiger partial charge in [0.05, 0.1) is 6.54 Å². The lowest BCUT2D eigenvalue weighted by Gasteiger charge is -2.07. The third kappa shape index (κ3) is 2.83. The zero-order chi connectivity index (χ0) is 15.5. The number of guanidine groups is 2. The minimum Gasteiger partial charge on any atom is -0.370 e. The second-order valence-corrected chi connectivity index (χ2v) is 5.05. The molecule has 0 aromatic heterocycles. The maximum atomic E-state index is 5.66. The summed E-state index contributed by atoms with van der Waals surface area (Å²) < 4.78 is 0. The lowest BCUT2D eigenvalue weighted by Crippen LogP contribution is -2.26. The number of benzene rings is 3. The number of nitrogens with zero attached hydrogens (tertiary/aromatic N) is 2. The first-order chi connectivity index (χ1) is 10.6. The Morgan fingerprint density at radius 3 is 2.23 bits per heavy atom. The van der Waals surface area contributed by atoms with Gasteiger partial charge in [-0.1, -0.05) is 42.5 Å². The molecule has 110 valence electrons. The third-order valence-corrected chi connectivity index (χ3v) is 3.49. The predicted molar refractivity (Wildman–Crippen MR) is 92.6 cm³/mol. The summed E-state index contributed by atoms with van der Waals surface area (Å²) >= 11 is 0. The molecule has 3 aromatic carbocycles. The summed E-state index contributed by atoms with van der Waals surface area (Å²) in [6.45, 7) is 0.429. The highest BCUT2D eigenvalue weighted by Gasteiger charge is 2.03. The number of rotatable bonds is 2. The van der Waals surface area contributed by atoms with Crippen molar-refractivity contribution in [3.8, 4) is 0 Å². The molecule has 0 aliphatic rings. The van der Waals surface area contributed by atoms with Crippen LogP contribution in [0.4, 0.5) is 0 Å².